The molecule has 0 radical (unpaired) electrons. The van der Waals surface area contributed by atoms with Crippen LogP contribution in [0.25, 0.3) is 16.8 Å². The van der Waals surface area contributed by atoms with Gasteiger partial charge in [-0.1, -0.05) is 27.2 Å². The Kier molecular flexibility index (Phi) is 10.1. The van der Waals surface area contributed by atoms with Gasteiger partial charge in [0, 0.05) is 31.8 Å². The molecule has 1 aromatic carbocycles. The first-order valence-corrected chi connectivity index (χ1v) is 13.0. The van der Waals surface area contributed by atoms with Gasteiger partial charge in [-0.2, -0.15) is 0 Å². The molecule has 1 N–H and O–H groups in total. The smallest absolute Gasteiger partial charge is 0.175 e. The monoisotopic (exact) mass is 530 g/mol. The molecule has 1 aromatic heterocycles. The highest BCUT2D eigenvalue weighted by atomic mass is 19.1. The van der Waals surface area contributed by atoms with E-state index < -0.39 is 12.0 Å². The summed E-state index contributed by atoms with van der Waals surface area (Å²) in [6.45, 7) is 11.4. The first kappa shape index (κ1) is 29.4. The van der Waals surface area contributed by atoms with Crippen LogP contribution in [-0.2, 0) is 11.2 Å². The molecule has 2 aromatic rings. The van der Waals surface area contributed by atoms with Crippen LogP contribution >= 0.6 is 0 Å². The summed E-state index contributed by atoms with van der Waals surface area (Å²) < 4.78 is 50.4. The number of aromatic nitrogens is 1. The molecule has 6 nitrogen and oxygen atoms in total. The molecule has 38 heavy (non-hydrogen) atoms. The van der Waals surface area contributed by atoms with Crippen LogP contribution in [0.5, 0.6) is 5.75 Å². The van der Waals surface area contributed by atoms with Crippen LogP contribution in [0.4, 0.5) is 18.9 Å². The maximum atomic E-state index is 16.2. The molecule has 0 bridgehead atoms. The average Bonchev–Trinajstić information content (AvgIpc) is 2.88. The second kappa shape index (κ2) is 13.0. The quantitative estimate of drug-likeness (QED) is 0.250. The van der Waals surface area contributed by atoms with Crippen LogP contribution in [0.3, 0.4) is 0 Å². The summed E-state index contributed by atoms with van der Waals surface area (Å²) in [5.74, 6) is -0.578. The van der Waals surface area contributed by atoms with Gasteiger partial charge in [0.2, 0.25) is 0 Å². The van der Waals surface area contributed by atoms with Crippen molar-refractivity contribution in [2.45, 2.75) is 59.5 Å². The number of amidine groups is 1. The molecule has 2 atom stereocenters. The predicted molar refractivity (Wildman–Crippen MR) is 147 cm³/mol. The molecule has 2 unspecified atom stereocenters. The van der Waals surface area contributed by atoms with Gasteiger partial charge in [-0.25, -0.2) is 18.2 Å². The summed E-state index contributed by atoms with van der Waals surface area (Å²) in [4.78, 5) is 14.7. The summed E-state index contributed by atoms with van der Waals surface area (Å²) in [6, 6.07) is 2.98. The Balaban J connectivity index is 2.24. The number of hydrogen-bond acceptors (Lipinski definition) is 5. The molecule has 0 amide bonds. The second-order valence-electron chi connectivity index (χ2n) is 9.70. The lowest BCUT2D eigenvalue weighted by Crippen LogP contribution is -2.39. The van der Waals surface area contributed by atoms with Crippen LogP contribution in [0, 0.1) is 11.7 Å². The Bertz CT molecular complexity index is 1230. The minimum Gasteiger partial charge on any atom is -0.508 e. The zero-order valence-corrected chi connectivity index (χ0v) is 22.8. The zero-order valence-electron chi connectivity index (χ0n) is 22.8. The number of fused-ring (bicyclic) bond motifs is 1. The first-order valence-electron chi connectivity index (χ1n) is 13.0. The molecule has 1 heterocycles. The minimum atomic E-state index is -1.17. The Morgan fingerprint density at radius 1 is 1.21 bits per heavy atom. The molecule has 3 rings (SSSR count). The van der Waals surface area contributed by atoms with Gasteiger partial charge in [0.15, 0.2) is 5.82 Å². The number of aromatic hydroxyl groups is 1. The van der Waals surface area contributed by atoms with Gasteiger partial charge in [-0.15, -0.1) is 0 Å². The number of phenolic OH excluding ortho intramolecular Hbond substituents is 1. The SMILES string of the molecule is C=Nc1c(/C(=N\COC)N(CC(C)F)CC(C)CC)cnc(-c2cc(O)cc3c2C(CC)=C(F)CC3)c1F. The number of hydrogen-bond donors (Lipinski definition) is 1. The standard InChI is InChI=1S/C29H37F3N4O2/c1-7-17(3)14-36(15-18(4)30)29(35-16-38-6)23-13-34-28(26(32)27(23)33-5)22-12-20(37)11-19-9-10-24(31)21(8-2)25(19)22/h11-13,17-18,37H,5,7-10,14-16H2,1-4,6H3/b35-29+. The fourth-order valence-electron chi connectivity index (χ4n) is 4.85. The number of phenols is 1. The largest absolute Gasteiger partial charge is 0.508 e. The van der Waals surface area contributed by atoms with Crippen LogP contribution in [0.2, 0.25) is 0 Å². The molecule has 1 aliphatic rings. The maximum Gasteiger partial charge on any atom is 0.175 e. The normalized spacial score (nSPS) is 15.3. The molecule has 0 fully saturated rings. The van der Waals surface area contributed by atoms with Gasteiger partial charge >= 0.3 is 0 Å². The number of aryl methyl sites for hydroxylation is 1. The van der Waals surface area contributed by atoms with E-state index in [0.717, 1.165) is 12.0 Å². The first-order chi connectivity index (χ1) is 18.2. The Labute approximate surface area is 223 Å². The third-order valence-corrected chi connectivity index (χ3v) is 6.79. The highest BCUT2D eigenvalue weighted by Crippen LogP contribution is 2.43. The van der Waals surface area contributed by atoms with Crippen molar-refractivity contribution in [3.63, 3.8) is 0 Å². The number of methoxy groups -OCH3 is 1. The number of rotatable bonds is 11. The van der Waals surface area contributed by atoms with E-state index >= 15 is 4.39 Å². The Morgan fingerprint density at radius 3 is 2.55 bits per heavy atom. The Morgan fingerprint density at radius 2 is 1.95 bits per heavy atom. The molecular weight excluding hydrogens is 493 g/mol. The van der Waals surface area contributed by atoms with Gasteiger partial charge in [-0.05, 0) is 61.2 Å². The molecule has 9 heteroatoms. The number of halogens is 3. The summed E-state index contributed by atoms with van der Waals surface area (Å²) in [7, 11) is 1.48. The molecule has 0 saturated carbocycles. The van der Waals surface area contributed by atoms with E-state index in [1.54, 1.807) is 11.0 Å². The van der Waals surface area contributed by atoms with Crippen molar-refractivity contribution < 1.29 is 23.0 Å². The summed E-state index contributed by atoms with van der Waals surface area (Å²) in [5.41, 5.74) is 2.08. The van der Waals surface area contributed by atoms with Gasteiger partial charge in [0.1, 0.15) is 41.7 Å². The van der Waals surface area contributed by atoms with E-state index in [1.807, 2.05) is 20.8 Å². The lowest BCUT2D eigenvalue weighted by molar-refractivity contribution is 0.204. The van der Waals surface area contributed by atoms with Crippen molar-refractivity contribution in [1.82, 2.24) is 9.88 Å². The number of alkyl halides is 1. The summed E-state index contributed by atoms with van der Waals surface area (Å²) >= 11 is 0. The molecular formula is C29H37F3N4O2. The highest BCUT2D eigenvalue weighted by molar-refractivity contribution is 6.03. The van der Waals surface area contributed by atoms with Gasteiger partial charge in [0.05, 0.1) is 12.1 Å². The van der Waals surface area contributed by atoms with Crippen molar-refractivity contribution in [2.24, 2.45) is 15.9 Å². The third kappa shape index (κ3) is 6.26. The van der Waals surface area contributed by atoms with Gasteiger partial charge in [0.25, 0.3) is 0 Å². The summed E-state index contributed by atoms with van der Waals surface area (Å²) in [5, 5.41) is 10.4. The average molecular weight is 531 g/mol. The molecule has 0 spiro atoms. The number of aliphatic imine (C=N–C) groups is 2. The highest BCUT2D eigenvalue weighted by Gasteiger charge is 2.28. The molecule has 1 aliphatic carbocycles. The third-order valence-electron chi connectivity index (χ3n) is 6.79. The van der Waals surface area contributed by atoms with Crippen molar-refractivity contribution in [3.8, 4) is 17.0 Å². The Hall–Kier alpha value is -3.20. The van der Waals surface area contributed by atoms with E-state index in [1.165, 1.54) is 26.3 Å². The fourth-order valence-corrected chi connectivity index (χ4v) is 4.85. The van der Waals surface area contributed by atoms with Crippen molar-refractivity contribution in [1.29, 1.82) is 0 Å². The molecule has 206 valence electrons. The maximum absolute atomic E-state index is 16.2. The second-order valence-corrected chi connectivity index (χ2v) is 9.70. The van der Waals surface area contributed by atoms with Gasteiger partial charge in [-0.3, -0.25) is 9.98 Å². The van der Waals surface area contributed by atoms with Crippen LogP contribution < -0.4 is 0 Å². The number of allylic oxidation sites excluding steroid dienone is 2. The minimum absolute atomic E-state index is 0.0308. The lowest BCUT2D eigenvalue weighted by Gasteiger charge is -2.30. The lowest BCUT2D eigenvalue weighted by atomic mass is 9.84. The number of benzene rings is 1. The zero-order chi connectivity index (χ0) is 28.0. The van der Waals surface area contributed by atoms with Crippen LogP contribution in [-0.4, -0.2) is 60.6 Å². The van der Waals surface area contributed by atoms with Crippen molar-refractivity contribution in [2.75, 3.05) is 26.9 Å². The summed E-state index contributed by atoms with van der Waals surface area (Å²) in [6.07, 6.45) is 2.14. The van der Waals surface area contributed by atoms with Crippen LogP contribution in [0.15, 0.2) is 34.1 Å². The fraction of sp³-hybridized carbons (Fsp3) is 0.483. The van der Waals surface area contributed by atoms with E-state index in [2.05, 4.69) is 21.7 Å². The predicted octanol–water partition coefficient (Wildman–Crippen LogP) is 7.02. The molecule has 0 saturated heterocycles. The van der Waals surface area contributed by atoms with E-state index in [4.69, 9.17) is 4.74 Å². The number of ether oxygens (including phenoxy) is 1. The van der Waals surface area contributed by atoms with Crippen molar-refractivity contribution >= 4 is 23.8 Å². The van der Waals surface area contributed by atoms with Crippen molar-refractivity contribution in [3.05, 3.63) is 46.7 Å². The topological polar surface area (TPSA) is 70.3 Å². The van der Waals surface area contributed by atoms with E-state index in [0.29, 0.717) is 36.4 Å². The van der Waals surface area contributed by atoms with E-state index in [-0.39, 0.29) is 59.7 Å². The van der Waals surface area contributed by atoms with E-state index in [9.17, 15) is 13.9 Å². The number of nitrogens with zero attached hydrogens (tertiary/aromatic N) is 4. The number of pyridine rings is 1. The van der Waals surface area contributed by atoms with Crippen LogP contribution in [0.1, 0.15) is 63.6 Å². The van der Waals surface area contributed by atoms with Gasteiger partial charge < -0.3 is 14.7 Å². The molecule has 0 aliphatic heterocycles.